The summed E-state index contributed by atoms with van der Waals surface area (Å²) in [6, 6.07) is 6.04. The Kier molecular flexibility index (Phi) is 2.68. The van der Waals surface area contributed by atoms with E-state index in [0.29, 0.717) is 17.0 Å². The predicted octanol–water partition coefficient (Wildman–Crippen LogP) is 2.62. The summed E-state index contributed by atoms with van der Waals surface area (Å²) in [5.74, 6) is 0.564. The highest BCUT2D eigenvalue weighted by Gasteiger charge is 2.20. The third-order valence-corrected chi connectivity index (χ3v) is 3.47. The van der Waals surface area contributed by atoms with E-state index in [1.807, 2.05) is 18.2 Å². The van der Waals surface area contributed by atoms with Crippen molar-refractivity contribution in [3.63, 3.8) is 0 Å². The van der Waals surface area contributed by atoms with Gasteiger partial charge in [-0.1, -0.05) is 11.6 Å². The lowest BCUT2D eigenvalue weighted by Gasteiger charge is -2.24. The smallest absolute Gasteiger partial charge is 0.201 e. The molecule has 1 aromatic carbocycles. The van der Waals surface area contributed by atoms with Crippen LogP contribution in [0.5, 0.6) is 0 Å². The minimum absolute atomic E-state index is 0.368. The van der Waals surface area contributed by atoms with Gasteiger partial charge in [0.2, 0.25) is 5.95 Å². The molecular formula is C12H14ClN3O. The number of anilines is 1. The maximum Gasteiger partial charge on any atom is 0.201 e. The highest BCUT2D eigenvalue weighted by Crippen LogP contribution is 2.30. The van der Waals surface area contributed by atoms with E-state index < -0.39 is 0 Å². The first-order valence-electron chi connectivity index (χ1n) is 5.76. The van der Waals surface area contributed by atoms with Crippen molar-refractivity contribution < 1.29 is 4.74 Å². The summed E-state index contributed by atoms with van der Waals surface area (Å²) in [6.07, 6.45) is 1.95. The molecule has 0 unspecified atom stereocenters. The quantitative estimate of drug-likeness (QED) is 0.848. The predicted molar refractivity (Wildman–Crippen MR) is 68.2 cm³/mol. The van der Waals surface area contributed by atoms with E-state index in [4.69, 9.17) is 22.1 Å². The lowest BCUT2D eigenvalue weighted by molar-refractivity contribution is 0.0711. The highest BCUT2D eigenvalue weighted by atomic mass is 35.5. The molecule has 1 fully saturated rings. The Morgan fingerprint density at radius 2 is 2.12 bits per heavy atom. The molecule has 0 amide bonds. The Morgan fingerprint density at radius 3 is 2.88 bits per heavy atom. The van der Waals surface area contributed by atoms with Crippen LogP contribution in [0.3, 0.4) is 0 Å². The molecule has 3 rings (SSSR count). The fraction of sp³-hybridized carbons (Fsp3) is 0.417. The topological polar surface area (TPSA) is 53.1 Å². The third-order valence-electron chi connectivity index (χ3n) is 3.23. The van der Waals surface area contributed by atoms with Crippen molar-refractivity contribution in [2.75, 3.05) is 18.9 Å². The molecule has 1 saturated heterocycles. The number of nitrogen functional groups attached to an aromatic ring is 1. The first kappa shape index (κ1) is 10.9. The molecule has 1 aliphatic rings. The van der Waals surface area contributed by atoms with Crippen molar-refractivity contribution in [2.24, 2.45) is 0 Å². The molecule has 0 saturated carbocycles. The summed E-state index contributed by atoms with van der Waals surface area (Å²) in [5, 5.41) is 0.714. The SMILES string of the molecule is Nc1nc2ccc(Cl)cc2n1C1CCOCC1. The molecule has 2 heterocycles. The van der Waals surface area contributed by atoms with Gasteiger partial charge in [-0.15, -0.1) is 0 Å². The van der Waals surface area contributed by atoms with Crippen LogP contribution in [0.1, 0.15) is 18.9 Å². The van der Waals surface area contributed by atoms with E-state index >= 15 is 0 Å². The molecule has 0 bridgehead atoms. The number of nitrogens with two attached hydrogens (primary N) is 1. The maximum absolute atomic E-state index is 6.03. The molecular weight excluding hydrogens is 238 g/mol. The second-order valence-electron chi connectivity index (χ2n) is 4.32. The average Bonchev–Trinajstić information content (AvgIpc) is 2.65. The van der Waals surface area contributed by atoms with E-state index in [1.165, 1.54) is 0 Å². The summed E-state index contributed by atoms with van der Waals surface area (Å²) < 4.78 is 7.46. The standard InChI is InChI=1S/C12H14ClN3O/c13-8-1-2-10-11(7-8)16(12(14)15-10)9-3-5-17-6-4-9/h1-2,7,9H,3-6H2,(H2,14,15). The molecule has 2 aromatic rings. The minimum Gasteiger partial charge on any atom is -0.381 e. The molecule has 2 N–H and O–H groups in total. The van der Waals surface area contributed by atoms with Crippen LogP contribution in [0.15, 0.2) is 18.2 Å². The van der Waals surface area contributed by atoms with Gasteiger partial charge >= 0.3 is 0 Å². The summed E-state index contributed by atoms with van der Waals surface area (Å²) in [5.41, 5.74) is 7.92. The fourth-order valence-corrected chi connectivity index (χ4v) is 2.58. The van der Waals surface area contributed by atoms with E-state index in [0.717, 1.165) is 37.1 Å². The van der Waals surface area contributed by atoms with Crippen LogP contribution in [0.4, 0.5) is 5.95 Å². The van der Waals surface area contributed by atoms with Gasteiger partial charge in [-0.2, -0.15) is 0 Å². The molecule has 0 atom stereocenters. The molecule has 1 aliphatic heterocycles. The van der Waals surface area contributed by atoms with Crippen LogP contribution in [0.2, 0.25) is 5.02 Å². The molecule has 1 aromatic heterocycles. The van der Waals surface area contributed by atoms with Crippen molar-refractivity contribution in [3.8, 4) is 0 Å². The van der Waals surface area contributed by atoms with Gasteiger partial charge in [0, 0.05) is 24.3 Å². The summed E-state index contributed by atoms with van der Waals surface area (Å²) in [6.45, 7) is 1.56. The van der Waals surface area contributed by atoms with Gasteiger partial charge < -0.3 is 15.0 Å². The molecule has 17 heavy (non-hydrogen) atoms. The first-order valence-corrected chi connectivity index (χ1v) is 6.14. The minimum atomic E-state index is 0.368. The summed E-state index contributed by atoms with van der Waals surface area (Å²) in [7, 11) is 0. The zero-order valence-corrected chi connectivity index (χ0v) is 10.2. The van der Waals surface area contributed by atoms with E-state index in [-0.39, 0.29) is 0 Å². The van der Waals surface area contributed by atoms with Gasteiger partial charge in [0.15, 0.2) is 0 Å². The number of imidazole rings is 1. The number of ether oxygens (including phenoxy) is 1. The summed E-state index contributed by atoms with van der Waals surface area (Å²) in [4.78, 5) is 4.37. The maximum atomic E-state index is 6.03. The van der Waals surface area contributed by atoms with Gasteiger partial charge in [0.25, 0.3) is 0 Å². The average molecular weight is 252 g/mol. The number of rotatable bonds is 1. The number of hydrogen-bond donors (Lipinski definition) is 1. The van der Waals surface area contributed by atoms with Crippen LogP contribution in [0, 0.1) is 0 Å². The number of halogens is 1. The molecule has 0 spiro atoms. The summed E-state index contributed by atoms with van der Waals surface area (Å²) >= 11 is 6.03. The normalized spacial score (nSPS) is 17.7. The van der Waals surface area contributed by atoms with Gasteiger partial charge in [0.05, 0.1) is 11.0 Å². The largest absolute Gasteiger partial charge is 0.381 e. The van der Waals surface area contributed by atoms with Crippen molar-refractivity contribution in [2.45, 2.75) is 18.9 Å². The Labute approximate surface area is 104 Å². The lowest BCUT2D eigenvalue weighted by atomic mass is 10.1. The van der Waals surface area contributed by atoms with Gasteiger partial charge in [-0.05, 0) is 31.0 Å². The van der Waals surface area contributed by atoms with Gasteiger partial charge in [-0.3, -0.25) is 0 Å². The Balaban J connectivity index is 2.13. The number of benzene rings is 1. The molecule has 0 aliphatic carbocycles. The van der Waals surface area contributed by atoms with E-state index in [2.05, 4.69) is 9.55 Å². The molecule has 0 radical (unpaired) electrons. The van der Waals surface area contributed by atoms with Crippen LogP contribution in [-0.4, -0.2) is 22.8 Å². The monoisotopic (exact) mass is 251 g/mol. The van der Waals surface area contributed by atoms with E-state index in [1.54, 1.807) is 0 Å². The fourth-order valence-electron chi connectivity index (χ4n) is 2.41. The van der Waals surface area contributed by atoms with Gasteiger partial charge in [-0.25, -0.2) is 4.98 Å². The van der Waals surface area contributed by atoms with Crippen LogP contribution >= 0.6 is 11.6 Å². The van der Waals surface area contributed by atoms with Crippen molar-refractivity contribution in [3.05, 3.63) is 23.2 Å². The molecule has 5 heteroatoms. The van der Waals surface area contributed by atoms with Crippen LogP contribution < -0.4 is 5.73 Å². The lowest BCUT2D eigenvalue weighted by Crippen LogP contribution is -2.20. The zero-order valence-electron chi connectivity index (χ0n) is 9.40. The number of fused-ring (bicyclic) bond motifs is 1. The van der Waals surface area contributed by atoms with Crippen molar-refractivity contribution >= 4 is 28.6 Å². The molecule has 4 nitrogen and oxygen atoms in total. The number of nitrogens with zero attached hydrogens (tertiary/aromatic N) is 2. The number of aromatic nitrogens is 2. The highest BCUT2D eigenvalue weighted by molar-refractivity contribution is 6.31. The molecule has 90 valence electrons. The Hall–Kier alpha value is -1.26. The second kappa shape index (κ2) is 4.20. The Morgan fingerprint density at radius 1 is 1.35 bits per heavy atom. The van der Waals surface area contributed by atoms with Crippen LogP contribution in [0.25, 0.3) is 11.0 Å². The zero-order chi connectivity index (χ0) is 11.8. The van der Waals surface area contributed by atoms with Crippen LogP contribution in [-0.2, 0) is 4.74 Å². The van der Waals surface area contributed by atoms with Gasteiger partial charge in [0.1, 0.15) is 0 Å². The Bertz CT molecular complexity index is 546. The van der Waals surface area contributed by atoms with Crippen molar-refractivity contribution in [1.29, 1.82) is 0 Å². The number of hydrogen-bond acceptors (Lipinski definition) is 3. The second-order valence-corrected chi connectivity index (χ2v) is 4.75. The third kappa shape index (κ3) is 1.87. The van der Waals surface area contributed by atoms with E-state index in [9.17, 15) is 0 Å². The van der Waals surface area contributed by atoms with Crippen molar-refractivity contribution in [1.82, 2.24) is 9.55 Å². The first-order chi connectivity index (χ1) is 8.25.